The number of carbonyl (C=O) groups is 1. The van der Waals surface area contributed by atoms with Gasteiger partial charge in [-0.15, -0.1) is 0 Å². The van der Waals surface area contributed by atoms with E-state index in [0.29, 0.717) is 16.9 Å². The van der Waals surface area contributed by atoms with Gasteiger partial charge in [0.2, 0.25) is 0 Å². The van der Waals surface area contributed by atoms with Crippen LogP contribution >= 0.6 is 23.1 Å². The Morgan fingerprint density at radius 2 is 1.69 bits per heavy atom. The predicted octanol–water partition coefficient (Wildman–Crippen LogP) is 4.88. The number of carbonyl (C=O) groups excluding carboxylic acids is 1. The molecule has 8 heteroatoms. The van der Waals surface area contributed by atoms with E-state index >= 15 is 0 Å². The molecule has 0 radical (unpaired) electrons. The lowest BCUT2D eigenvalue weighted by Crippen LogP contribution is -2.18. The first kappa shape index (κ1) is 22.5. The van der Waals surface area contributed by atoms with Crippen LogP contribution in [0.5, 0.6) is 0 Å². The van der Waals surface area contributed by atoms with Crippen LogP contribution in [0.1, 0.15) is 10.4 Å². The van der Waals surface area contributed by atoms with Crippen LogP contribution in [-0.4, -0.2) is 37.2 Å². The molecule has 0 saturated heterocycles. The van der Waals surface area contributed by atoms with Crippen molar-refractivity contribution < 1.29 is 13.2 Å². The second-order valence-corrected chi connectivity index (χ2v) is 11.3. The van der Waals surface area contributed by atoms with Gasteiger partial charge in [-0.05, 0) is 47.7 Å². The molecular weight excluding hydrogens is 460 g/mol. The lowest BCUT2D eigenvalue weighted by Gasteiger charge is -2.05. The Balaban J connectivity index is 1.73. The molecule has 0 atom stereocenters. The molecule has 32 heavy (non-hydrogen) atoms. The fraction of sp³-hybridized carbons (Fsp3) is 0.167. The Hall–Kier alpha value is -2.68. The maximum atomic E-state index is 12.9. The van der Waals surface area contributed by atoms with Crippen molar-refractivity contribution >= 4 is 49.1 Å². The number of fused-ring (bicyclic) bond motifs is 1. The number of benzene rings is 3. The average Bonchev–Trinajstić information content (AvgIpc) is 3.13. The van der Waals surface area contributed by atoms with Gasteiger partial charge in [0.05, 0.1) is 15.1 Å². The van der Waals surface area contributed by atoms with Crippen molar-refractivity contribution in [3.63, 3.8) is 0 Å². The molecule has 0 aliphatic carbocycles. The molecule has 0 unspecified atom stereocenters. The van der Waals surface area contributed by atoms with Crippen LogP contribution in [0, 0.1) is 0 Å². The van der Waals surface area contributed by atoms with Crippen molar-refractivity contribution in [2.75, 3.05) is 18.3 Å². The molecule has 164 valence electrons. The van der Waals surface area contributed by atoms with E-state index in [4.69, 9.17) is 0 Å². The van der Waals surface area contributed by atoms with Crippen LogP contribution in [0.3, 0.4) is 0 Å². The normalized spacial score (nSPS) is 12.4. The number of sulfone groups is 1. The van der Waals surface area contributed by atoms with Crippen LogP contribution in [0.4, 0.5) is 0 Å². The van der Waals surface area contributed by atoms with Crippen molar-refractivity contribution in [2.24, 2.45) is 4.99 Å². The van der Waals surface area contributed by atoms with E-state index in [1.807, 2.05) is 53.3 Å². The third-order valence-corrected chi connectivity index (χ3v) is 7.78. The summed E-state index contributed by atoms with van der Waals surface area (Å²) in [6.45, 7) is 0.679. The lowest BCUT2D eigenvalue weighted by atomic mass is 10.0. The van der Waals surface area contributed by atoms with E-state index in [1.54, 1.807) is 42.1 Å². The standard InChI is InChI=1S/C24H22N2O3S3/c1-30-15-14-26-21-13-12-20(32(2,28)29)16-22(21)31-24(26)25-23(27)19-10-8-18(9-11-19)17-6-4-3-5-7-17/h3-13,16H,14-15H2,1-2H3. The Morgan fingerprint density at radius 1 is 1.00 bits per heavy atom. The summed E-state index contributed by atoms with van der Waals surface area (Å²) in [5.41, 5.74) is 3.51. The van der Waals surface area contributed by atoms with Gasteiger partial charge in [0, 0.05) is 24.1 Å². The molecule has 1 heterocycles. The number of amides is 1. The summed E-state index contributed by atoms with van der Waals surface area (Å²) in [5, 5.41) is 0. The van der Waals surface area contributed by atoms with Gasteiger partial charge in [-0.1, -0.05) is 53.8 Å². The maximum absolute atomic E-state index is 12.9. The van der Waals surface area contributed by atoms with Crippen molar-refractivity contribution in [2.45, 2.75) is 11.4 Å². The molecule has 0 saturated carbocycles. The number of aromatic nitrogens is 1. The van der Waals surface area contributed by atoms with Gasteiger partial charge in [0.1, 0.15) is 0 Å². The minimum absolute atomic E-state index is 0.262. The number of thioether (sulfide) groups is 1. The summed E-state index contributed by atoms with van der Waals surface area (Å²) in [5.74, 6) is 0.532. The zero-order valence-corrected chi connectivity index (χ0v) is 20.1. The minimum Gasteiger partial charge on any atom is -0.316 e. The highest BCUT2D eigenvalue weighted by Gasteiger charge is 2.13. The number of nitrogens with zero attached hydrogens (tertiary/aromatic N) is 2. The van der Waals surface area contributed by atoms with Gasteiger partial charge >= 0.3 is 0 Å². The summed E-state index contributed by atoms with van der Waals surface area (Å²) in [4.78, 5) is 18.1. The fourth-order valence-corrected chi connectivity index (χ4v) is 5.54. The minimum atomic E-state index is -3.31. The van der Waals surface area contributed by atoms with Gasteiger partial charge in [-0.2, -0.15) is 16.8 Å². The molecule has 4 aromatic rings. The molecule has 3 aromatic carbocycles. The van der Waals surface area contributed by atoms with Crippen LogP contribution in [0.25, 0.3) is 21.3 Å². The van der Waals surface area contributed by atoms with E-state index in [0.717, 1.165) is 27.1 Å². The quantitative estimate of drug-likeness (QED) is 0.393. The highest BCUT2D eigenvalue weighted by molar-refractivity contribution is 7.98. The zero-order chi connectivity index (χ0) is 22.7. The summed E-state index contributed by atoms with van der Waals surface area (Å²) in [6, 6.07) is 22.4. The number of aryl methyl sites for hydroxylation is 1. The van der Waals surface area contributed by atoms with Crippen LogP contribution in [0.2, 0.25) is 0 Å². The van der Waals surface area contributed by atoms with Crippen LogP contribution in [0.15, 0.2) is 82.7 Å². The van der Waals surface area contributed by atoms with Crippen LogP contribution in [-0.2, 0) is 16.4 Å². The van der Waals surface area contributed by atoms with E-state index < -0.39 is 9.84 Å². The Bertz CT molecular complexity index is 1440. The van der Waals surface area contributed by atoms with Crippen molar-refractivity contribution in [1.82, 2.24) is 4.57 Å². The zero-order valence-electron chi connectivity index (χ0n) is 17.7. The summed E-state index contributed by atoms with van der Waals surface area (Å²) >= 11 is 3.03. The molecule has 0 aliphatic heterocycles. The second kappa shape index (κ2) is 9.44. The Labute approximate surface area is 195 Å². The second-order valence-electron chi connectivity index (χ2n) is 7.29. The molecule has 0 spiro atoms. The van der Waals surface area contributed by atoms with E-state index in [-0.39, 0.29) is 10.8 Å². The molecule has 1 amide bonds. The number of rotatable bonds is 6. The van der Waals surface area contributed by atoms with Crippen molar-refractivity contribution in [3.8, 4) is 11.1 Å². The first-order valence-electron chi connectivity index (χ1n) is 9.94. The third kappa shape index (κ3) is 4.87. The highest BCUT2D eigenvalue weighted by atomic mass is 32.2. The third-order valence-electron chi connectivity index (χ3n) is 5.04. The molecule has 5 nitrogen and oxygen atoms in total. The maximum Gasteiger partial charge on any atom is 0.279 e. The molecule has 4 rings (SSSR count). The summed E-state index contributed by atoms with van der Waals surface area (Å²) in [7, 11) is -3.31. The van der Waals surface area contributed by atoms with Gasteiger partial charge in [0.15, 0.2) is 14.6 Å². The van der Waals surface area contributed by atoms with Gasteiger partial charge in [-0.3, -0.25) is 4.79 Å². The van der Waals surface area contributed by atoms with E-state index in [1.165, 1.54) is 17.6 Å². The van der Waals surface area contributed by atoms with Gasteiger partial charge in [-0.25, -0.2) is 8.42 Å². The average molecular weight is 483 g/mol. The monoisotopic (exact) mass is 482 g/mol. The van der Waals surface area contributed by atoms with Crippen molar-refractivity contribution in [3.05, 3.63) is 83.2 Å². The number of hydrogen-bond donors (Lipinski definition) is 0. The number of hydrogen-bond acceptors (Lipinski definition) is 5. The fourth-order valence-electron chi connectivity index (χ4n) is 3.36. The summed E-state index contributed by atoms with van der Waals surface area (Å²) < 4.78 is 26.7. The van der Waals surface area contributed by atoms with Gasteiger partial charge in [0.25, 0.3) is 5.91 Å². The van der Waals surface area contributed by atoms with Crippen LogP contribution < -0.4 is 4.80 Å². The smallest absolute Gasteiger partial charge is 0.279 e. The SMILES string of the molecule is CSCCn1c(=NC(=O)c2ccc(-c3ccccc3)cc2)sc2cc(S(C)(=O)=O)ccc21. The largest absolute Gasteiger partial charge is 0.316 e. The highest BCUT2D eigenvalue weighted by Crippen LogP contribution is 2.23. The number of thiazole rings is 1. The molecule has 0 bridgehead atoms. The van der Waals surface area contributed by atoms with E-state index in [9.17, 15) is 13.2 Å². The molecule has 0 aliphatic rings. The van der Waals surface area contributed by atoms with Gasteiger partial charge < -0.3 is 4.57 Å². The molecule has 0 N–H and O–H groups in total. The topological polar surface area (TPSA) is 68.5 Å². The van der Waals surface area contributed by atoms with E-state index in [2.05, 4.69) is 4.99 Å². The Kier molecular flexibility index (Phi) is 6.64. The lowest BCUT2D eigenvalue weighted by molar-refractivity contribution is 0.0998. The first-order valence-corrected chi connectivity index (χ1v) is 14.0. The Morgan fingerprint density at radius 3 is 2.34 bits per heavy atom. The first-order chi connectivity index (χ1) is 15.4. The summed E-state index contributed by atoms with van der Waals surface area (Å²) in [6.07, 6.45) is 3.21. The van der Waals surface area contributed by atoms with Crippen molar-refractivity contribution in [1.29, 1.82) is 0 Å². The predicted molar refractivity (Wildman–Crippen MR) is 133 cm³/mol. The molecule has 0 fully saturated rings. The molecular formula is C24H22N2O3S3. The molecule has 1 aromatic heterocycles.